The molecular formula is C24H28N4OSi. The number of rotatable bonds is 6. The average molecular weight is 417 g/mol. The molecule has 0 fully saturated rings. The summed E-state index contributed by atoms with van der Waals surface area (Å²) in [5.41, 5.74) is 3.35. The Morgan fingerprint density at radius 3 is 2.40 bits per heavy atom. The highest BCUT2D eigenvalue weighted by atomic mass is 28.4. The van der Waals surface area contributed by atoms with Crippen molar-refractivity contribution in [1.82, 2.24) is 9.97 Å². The van der Waals surface area contributed by atoms with Crippen molar-refractivity contribution in [2.24, 2.45) is 0 Å². The van der Waals surface area contributed by atoms with Gasteiger partial charge >= 0.3 is 0 Å². The molecule has 3 aromatic rings. The van der Waals surface area contributed by atoms with Gasteiger partial charge in [-0.15, -0.1) is 0 Å². The monoisotopic (exact) mass is 416 g/mol. The van der Waals surface area contributed by atoms with Crippen molar-refractivity contribution in [1.29, 1.82) is 5.26 Å². The number of hydrogen-bond donors (Lipinski definition) is 1. The van der Waals surface area contributed by atoms with E-state index < -0.39 is 8.32 Å². The molecule has 30 heavy (non-hydrogen) atoms. The van der Waals surface area contributed by atoms with Gasteiger partial charge in [0, 0.05) is 18.0 Å². The van der Waals surface area contributed by atoms with Gasteiger partial charge in [0.15, 0.2) is 8.32 Å². The molecule has 0 aliphatic rings. The number of nitrogens with one attached hydrogen (secondary N) is 1. The molecule has 1 aromatic carbocycles. The van der Waals surface area contributed by atoms with Crippen molar-refractivity contribution >= 4 is 20.0 Å². The number of nitrogens with zero attached hydrogens (tertiary/aromatic N) is 3. The largest absolute Gasteiger partial charge is 0.413 e. The lowest BCUT2D eigenvalue weighted by molar-refractivity contribution is 0.276. The molecule has 154 valence electrons. The van der Waals surface area contributed by atoms with Crippen LogP contribution in [0.2, 0.25) is 18.1 Å². The third kappa shape index (κ3) is 4.93. The third-order valence-electron chi connectivity index (χ3n) is 5.62. The van der Waals surface area contributed by atoms with Crippen LogP contribution >= 0.6 is 0 Å². The van der Waals surface area contributed by atoms with Crippen LogP contribution in [0, 0.1) is 11.3 Å². The van der Waals surface area contributed by atoms with Crippen molar-refractivity contribution < 1.29 is 4.43 Å². The number of pyridine rings is 2. The summed E-state index contributed by atoms with van der Waals surface area (Å²) in [6.07, 6.45) is 3.45. The SMILES string of the molecule is CC(C)(C)[Si](C)(C)OCc1ccnc(Nc2nccc(-c3ccccc3)c2C#N)c1. The molecule has 0 atom stereocenters. The summed E-state index contributed by atoms with van der Waals surface area (Å²) >= 11 is 0. The van der Waals surface area contributed by atoms with Crippen LogP contribution in [0.25, 0.3) is 11.1 Å². The van der Waals surface area contributed by atoms with Gasteiger partial charge in [-0.25, -0.2) is 9.97 Å². The highest BCUT2D eigenvalue weighted by Gasteiger charge is 2.37. The first-order valence-corrected chi connectivity index (χ1v) is 12.9. The van der Waals surface area contributed by atoms with Gasteiger partial charge in [0.2, 0.25) is 0 Å². The second kappa shape index (κ2) is 8.78. The van der Waals surface area contributed by atoms with E-state index in [1.165, 1.54) is 0 Å². The Kier molecular flexibility index (Phi) is 6.35. The maximum Gasteiger partial charge on any atom is 0.192 e. The van der Waals surface area contributed by atoms with Gasteiger partial charge in [-0.2, -0.15) is 5.26 Å². The molecule has 0 amide bonds. The molecule has 3 rings (SSSR count). The predicted octanol–water partition coefficient (Wildman–Crippen LogP) is 6.28. The van der Waals surface area contributed by atoms with Gasteiger partial charge in [-0.3, -0.25) is 0 Å². The van der Waals surface area contributed by atoms with E-state index in [1.807, 2.05) is 48.5 Å². The molecule has 0 aliphatic carbocycles. The van der Waals surface area contributed by atoms with Gasteiger partial charge in [0.1, 0.15) is 23.3 Å². The highest BCUT2D eigenvalue weighted by Crippen LogP contribution is 2.37. The summed E-state index contributed by atoms with van der Waals surface area (Å²) in [4.78, 5) is 8.78. The minimum Gasteiger partial charge on any atom is -0.413 e. The molecule has 0 aliphatic heterocycles. The Hall–Kier alpha value is -3.01. The van der Waals surface area contributed by atoms with E-state index in [4.69, 9.17) is 4.43 Å². The van der Waals surface area contributed by atoms with E-state index in [0.29, 0.717) is 23.8 Å². The summed E-state index contributed by atoms with van der Waals surface area (Å²) in [5.74, 6) is 1.13. The number of nitriles is 1. The van der Waals surface area contributed by atoms with Gasteiger partial charge < -0.3 is 9.74 Å². The number of benzene rings is 1. The fraction of sp³-hybridized carbons (Fsp3) is 0.292. The Bertz CT molecular complexity index is 1050. The molecule has 0 spiro atoms. The lowest BCUT2D eigenvalue weighted by atomic mass is 10.0. The molecule has 2 heterocycles. The van der Waals surface area contributed by atoms with E-state index in [-0.39, 0.29) is 5.04 Å². The first-order valence-electron chi connectivity index (χ1n) is 10.0. The van der Waals surface area contributed by atoms with Crippen LogP contribution in [0.1, 0.15) is 31.9 Å². The van der Waals surface area contributed by atoms with Crippen LogP contribution in [0.5, 0.6) is 0 Å². The highest BCUT2D eigenvalue weighted by molar-refractivity contribution is 6.74. The molecule has 0 unspecified atom stereocenters. The second-order valence-corrected chi connectivity index (χ2v) is 13.6. The Morgan fingerprint density at radius 2 is 1.73 bits per heavy atom. The van der Waals surface area contributed by atoms with Crippen molar-refractivity contribution in [2.75, 3.05) is 5.32 Å². The average Bonchev–Trinajstić information content (AvgIpc) is 2.72. The predicted molar refractivity (Wildman–Crippen MR) is 124 cm³/mol. The summed E-state index contributed by atoms with van der Waals surface area (Å²) in [6, 6.07) is 17.9. The van der Waals surface area contributed by atoms with Crippen molar-refractivity contribution in [3.05, 3.63) is 72.1 Å². The molecule has 0 saturated carbocycles. The standard InChI is InChI=1S/C24H28N4OSi/c1-24(2,3)30(4,5)29-17-18-11-13-26-22(15-18)28-23-21(16-25)20(12-14-27-23)19-9-7-6-8-10-19/h6-15H,17H2,1-5H3,(H,26,27,28). The fourth-order valence-corrected chi connectivity index (χ4v) is 3.72. The van der Waals surface area contributed by atoms with Gasteiger partial charge in [-0.1, -0.05) is 51.1 Å². The second-order valence-electron chi connectivity index (χ2n) is 8.78. The molecular weight excluding hydrogens is 388 g/mol. The van der Waals surface area contributed by atoms with Gasteiger partial charge in [0.25, 0.3) is 0 Å². The first-order chi connectivity index (χ1) is 14.2. The maximum absolute atomic E-state index is 9.78. The van der Waals surface area contributed by atoms with E-state index in [0.717, 1.165) is 16.7 Å². The van der Waals surface area contributed by atoms with E-state index in [2.05, 4.69) is 55.2 Å². The van der Waals surface area contributed by atoms with E-state index in [1.54, 1.807) is 12.4 Å². The van der Waals surface area contributed by atoms with Gasteiger partial charge in [0.05, 0.1) is 6.61 Å². The van der Waals surface area contributed by atoms with Crippen LogP contribution in [-0.4, -0.2) is 18.3 Å². The zero-order chi connectivity index (χ0) is 21.8. The van der Waals surface area contributed by atoms with Crippen molar-refractivity contribution in [3.8, 4) is 17.2 Å². The smallest absolute Gasteiger partial charge is 0.192 e. The summed E-state index contributed by atoms with van der Waals surface area (Å²) in [5, 5.41) is 13.1. The molecule has 5 nitrogen and oxygen atoms in total. The van der Waals surface area contributed by atoms with E-state index in [9.17, 15) is 5.26 Å². The first kappa shape index (κ1) is 21.7. The fourth-order valence-electron chi connectivity index (χ4n) is 2.76. The Balaban J connectivity index is 1.83. The maximum atomic E-state index is 9.78. The molecule has 0 bridgehead atoms. The number of hydrogen-bond acceptors (Lipinski definition) is 5. The lowest BCUT2D eigenvalue weighted by Gasteiger charge is -2.36. The summed E-state index contributed by atoms with van der Waals surface area (Å²) in [6.45, 7) is 11.7. The van der Waals surface area contributed by atoms with Gasteiger partial charge in [-0.05, 0) is 47.5 Å². The summed E-state index contributed by atoms with van der Waals surface area (Å²) in [7, 11) is -1.84. The van der Waals surface area contributed by atoms with E-state index >= 15 is 0 Å². The topological polar surface area (TPSA) is 70.8 Å². The normalized spacial score (nSPS) is 11.7. The van der Waals surface area contributed by atoms with Crippen molar-refractivity contribution in [2.45, 2.75) is 45.5 Å². The molecule has 1 N–H and O–H groups in total. The molecule has 0 saturated heterocycles. The number of aromatic nitrogens is 2. The molecule has 6 heteroatoms. The van der Waals surface area contributed by atoms with Crippen molar-refractivity contribution in [3.63, 3.8) is 0 Å². The van der Waals surface area contributed by atoms with Crippen LogP contribution in [-0.2, 0) is 11.0 Å². The van der Waals surface area contributed by atoms with Crippen LogP contribution in [0.4, 0.5) is 11.6 Å². The molecule has 2 aromatic heterocycles. The lowest BCUT2D eigenvalue weighted by Crippen LogP contribution is -2.40. The Morgan fingerprint density at radius 1 is 1.03 bits per heavy atom. The molecule has 0 radical (unpaired) electrons. The zero-order valence-electron chi connectivity index (χ0n) is 18.2. The number of anilines is 2. The van der Waals surface area contributed by atoms with Crippen LogP contribution in [0.15, 0.2) is 60.9 Å². The minimum atomic E-state index is -1.84. The van der Waals surface area contributed by atoms with Crippen LogP contribution in [0.3, 0.4) is 0 Å². The zero-order valence-corrected chi connectivity index (χ0v) is 19.2. The third-order valence-corrected chi connectivity index (χ3v) is 10.1. The van der Waals surface area contributed by atoms with Crippen LogP contribution < -0.4 is 5.32 Å². The quantitative estimate of drug-likeness (QED) is 0.479. The Labute approximate surface area is 179 Å². The minimum absolute atomic E-state index is 0.157. The summed E-state index contributed by atoms with van der Waals surface area (Å²) < 4.78 is 6.32.